The molecule has 2 bridgehead atoms. The predicted molar refractivity (Wildman–Crippen MR) is 265 cm³/mol. The fourth-order valence-corrected chi connectivity index (χ4v) is 10.8. The van der Waals surface area contributed by atoms with Gasteiger partial charge >= 0.3 is 0 Å². The van der Waals surface area contributed by atoms with Gasteiger partial charge < -0.3 is 9.32 Å². The van der Waals surface area contributed by atoms with Crippen molar-refractivity contribution in [2.75, 3.05) is 4.90 Å². The minimum atomic E-state index is 0.0736. The topological polar surface area (TPSA) is 16.4 Å². The maximum Gasteiger partial charge on any atom is 0.143 e. The lowest BCUT2D eigenvalue weighted by Gasteiger charge is -2.45. The van der Waals surface area contributed by atoms with Crippen LogP contribution in [0.4, 0.5) is 17.1 Å². The van der Waals surface area contributed by atoms with Crippen LogP contribution in [0.2, 0.25) is 0 Å². The van der Waals surface area contributed by atoms with Gasteiger partial charge in [0.1, 0.15) is 11.2 Å². The number of furan rings is 1. The number of rotatable bonds is 7. The van der Waals surface area contributed by atoms with Crippen LogP contribution in [0.5, 0.6) is 0 Å². The number of para-hydroxylation sites is 1. The van der Waals surface area contributed by atoms with Crippen LogP contribution in [0.3, 0.4) is 0 Å². The first-order chi connectivity index (χ1) is 31.8. The van der Waals surface area contributed by atoms with E-state index >= 15 is 0 Å². The van der Waals surface area contributed by atoms with E-state index < -0.39 is 0 Å². The first-order valence-corrected chi connectivity index (χ1v) is 22.2. The van der Waals surface area contributed by atoms with E-state index in [-0.39, 0.29) is 11.8 Å². The number of anilines is 3. The van der Waals surface area contributed by atoms with Crippen molar-refractivity contribution in [2.24, 2.45) is 0 Å². The molecule has 2 heteroatoms. The molecule has 2 nitrogen and oxygen atoms in total. The van der Waals surface area contributed by atoms with Crippen molar-refractivity contribution >= 4 is 39.0 Å². The highest BCUT2D eigenvalue weighted by Gasteiger charge is 2.44. The Balaban J connectivity index is 0.996. The highest BCUT2D eigenvalue weighted by atomic mass is 16.3. The first kappa shape index (κ1) is 36.5. The molecule has 11 aromatic rings. The molecule has 3 aliphatic carbocycles. The van der Waals surface area contributed by atoms with Crippen molar-refractivity contribution < 1.29 is 4.42 Å². The van der Waals surface area contributed by atoms with E-state index in [1.807, 2.05) is 0 Å². The third-order valence-electron chi connectivity index (χ3n) is 13.7. The van der Waals surface area contributed by atoms with Crippen LogP contribution in [0.25, 0.3) is 66.4 Å². The van der Waals surface area contributed by atoms with Crippen molar-refractivity contribution in [3.8, 4) is 44.5 Å². The lowest BCUT2D eigenvalue weighted by atomic mass is 9.59. The van der Waals surface area contributed by atoms with E-state index in [9.17, 15) is 0 Å². The maximum atomic E-state index is 6.68. The summed E-state index contributed by atoms with van der Waals surface area (Å²) in [6.45, 7) is 0. The second-order valence-corrected chi connectivity index (χ2v) is 17.1. The Hall–Kier alpha value is -8.20. The summed E-state index contributed by atoms with van der Waals surface area (Å²) in [5.74, 6) is 0.185. The molecule has 1 aromatic heterocycles. The summed E-state index contributed by atoms with van der Waals surface area (Å²) in [4.78, 5) is 2.49. The molecule has 0 amide bonds. The van der Waals surface area contributed by atoms with Crippen LogP contribution >= 0.6 is 0 Å². The smallest absolute Gasteiger partial charge is 0.143 e. The van der Waals surface area contributed by atoms with E-state index in [4.69, 9.17) is 4.42 Å². The van der Waals surface area contributed by atoms with Gasteiger partial charge in [-0.2, -0.15) is 0 Å². The Morgan fingerprint density at radius 3 is 1.38 bits per heavy atom. The quantitative estimate of drug-likeness (QED) is 0.159. The van der Waals surface area contributed by atoms with Crippen molar-refractivity contribution in [1.29, 1.82) is 0 Å². The zero-order valence-corrected chi connectivity index (χ0v) is 35.0. The van der Waals surface area contributed by atoms with Crippen molar-refractivity contribution in [3.63, 3.8) is 0 Å². The molecule has 0 unspecified atom stereocenters. The third-order valence-corrected chi connectivity index (χ3v) is 13.7. The molecule has 0 aliphatic heterocycles. The summed E-state index contributed by atoms with van der Waals surface area (Å²) in [7, 11) is 0. The number of hydrogen-bond acceptors (Lipinski definition) is 2. The van der Waals surface area contributed by atoms with Gasteiger partial charge in [-0.25, -0.2) is 0 Å². The van der Waals surface area contributed by atoms with E-state index in [1.165, 1.54) is 72.4 Å². The van der Waals surface area contributed by atoms with Crippen molar-refractivity contribution in [1.82, 2.24) is 0 Å². The standard InChI is InChI=1S/C62H41NO/c1-4-15-40(16-5-1)42-27-32-46(33-28-42)63(47-34-29-44(30-35-47)49-25-14-26-54-55-39-45(41-17-6-2-7-18-41)31-38-57(55)64-62(49)54)56-37-36-48(43-19-8-3-9-20-43)60-58-50-21-10-12-23-52(50)59(61(56)60)53-24-13-11-22-51(53)58/h1-39,58-59H. The molecular formula is C62H41NO. The van der Waals surface area contributed by atoms with Gasteiger partial charge in [0.2, 0.25) is 0 Å². The monoisotopic (exact) mass is 815 g/mol. The van der Waals surface area contributed by atoms with Crippen molar-refractivity contribution in [2.45, 2.75) is 11.8 Å². The van der Waals surface area contributed by atoms with Gasteiger partial charge in [0.05, 0.1) is 5.69 Å². The lowest BCUT2D eigenvalue weighted by Crippen LogP contribution is -2.30. The number of hydrogen-bond donors (Lipinski definition) is 0. The third kappa shape index (κ3) is 5.73. The number of benzene rings is 10. The van der Waals surface area contributed by atoms with Gasteiger partial charge in [0.15, 0.2) is 0 Å². The molecule has 14 rings (SSSR count). The average molecular weight is 816 g/mol. The summed E-state index contributed by atoms with van der Waals surface area (Å²) in [6.07, 6.45) is 0. The maximum absolute atomic E-state index is 6.68. The fraction of sp³-hybridized carbons (Fsp3) is 0.0323. The Morgan fingerprint density at radius 1 is 0.312 bits per heavy atom. The highest BCUT2D eigenvalue weighted by molar-refractivity contribution is 6.10. The van der Waals surface area contributed by atoms with Gasteiger partial charge in [0, 0.05) is 39.5 Å². The molecular weight excluding hydrogens is 775 g/mol. The zero-order chi connectivity index (χ0) is 42.1. The minimum Gasteiger partial charge on any atom is -0.455 e. The summed E-state index contributed by atoms with van der Waals surface area (Å²) in [6, 6.07) is 86.5. The Bertz CT molecular complexity index is 3490. The van der Waals surface area contributed by atoms with Gasteiger partial charge in [0.25, 0.3) is 0 Å². The molecule has 0 radical (unpaired) electrons. The lowest BCUT2D eigenvalue weighted by molar-refractivity contribution is 0.670. The van der Waals surface area contributed by atoms with Gasteiger partial charge in [-0.05, 0) is 115 Å². The van der Waals surface area contributed by atoms with E-state index in [0.29, 0.717) is 0 Å². The first-order valence-electron chi connectivity index (χ1n) is 22.2. The molecule has 3 aliphatic rings. The van der Waals surface area contributed by atoms with Crippen LogP contribution in [0, 0.1) is 0 Å². The normalized spacial score (nSPS) is 14.6. The molecule has 300 valence electrons. The molecule has 0 spiro atoms. The number of nitrogens with zero attached hydrogens (tertiary/aromatic N) is 1. The largest absolute Gasteiger partial charge is 0.455 e. The van der Waals surface area contributed by atoms with Crippen LogP contribution in [0.15, 0.2) is 241 Å². The molecule has 0 saturated carbocycles. The fourth-order valence-electron chi connectivity index (χ4n) is 10.8. The van der Waals surface area contributed by atoms with Gasteiger partial charge in [-0.1, -0.05) is 194 Å². The van der Waals surface area contributed by atoms with Crippen LogP contribution in [0.1, 0.15) is 45.2 Å². The van der Waals surface area contributed by atoms with Crippen LogP contribution in [-0.4, -0.2) is 0 Å². The Kier molecular flexibility index (Phi) is 8.39. The molecule has 0 N–H and O–H groups in total. The van der Waals surface area contributed by atoms with Gasteiger partial charge in [-0.3, -0.25) is 0 Å². The van der Waals surface area contributed by atoms with Gasteiger partial charge in [-0.15, -0.1) is 0 Å². The molecule has 1 heterocycles. The minimum absolute atomic E-state index is 0.0736. The van der Waals surface area contributed by atoms with Crippen LogP contribution < -0.4 is 4.90 Å². The molecule has 0 fully saturated rings. The van der Waals surface area contributed by atoms with E-state index in [1.54, 1.807) is 0 Å². The summed E-state index contributed by atoms with van der Waals surface area (Å²) >= 11 is 0. The van der Waals surface area contributed by atoms with Crippen LogP contribution in [-0.2, 0) is 0 Å². The SMILES string of the molecule is c1ccc(-c2ccc(N(c3ccc(-c4cccc5c4oc4ccc(-c6ccccc6)cc45)cc3)c3ccc(-c4ccccc4)c4c3C3c5ccccc5C4c4ccccc43)cc2)cc1. The summed E-state index contributed by atoms with van der Waals surface area (Å²) in [5, 5.41) is 2.25. The van der Waals surface area contributed by atoms with E-state index in [2.05, 4.69) is 241 Å². The molecule has 64 heavy (non-hydrogen) atoms. The van der Waals surface area contributed by atoms with E-state index in [0.717, 1.165) is 44.4 Å². The highest BCUT2D eigenvalue weighted by Crippen LogP contribution is 2.61. The molecule has 0 atom stereocenters. The Morgan fingerprint density at radius 2 is 0.781 bits per heavy atom. The summed E-state index contributed by atoms with van der Waals surface area (Å²) < 4.78 is 6.68. The second kappa shape index (κ2) is 14.7. The summed E-state index contributed by atoms with van der Waals surface area (Å²) in [5.41, 5.74) is 23.1. The molecule has 10 aromatic carbocycles. The molecule has 0 saturated heterocycles. The Labute approximate surface area is 373 Å². The predicted octanol–water partition coefficient (Wildman–Crippen LogP) is 16.7. The van der Waals surface area contributed by atoms with Crippen molar-refractivity contribution in [3.05, 3.63) is 270 Å². The second-order valence-electron chi connectivity index (χ2n) is 17.1. The average Bonchev–Trinajstić information content (AvgIpc) is 3.76. The number of fused-ring (bicyclic) bond motifs is 3. The zero-order valence-electron chi connectivity index (χ0n) is 35.0.